The van der Waals surface area contributed by atoms with E-state index in [4.69, 9.17) is 17.3 Å². The van der Waals surface area contributed by atoms with Gasteiger partial charge in [0.25, 0.3) is 0 Å². The summed E-state index contributed by atoms with van der Waals surface area (Å²) in [5.74, 6) is 0. The van der Waals surface area contributed by atoms with Gasteiger partial charge in [0.05, 0.1) is 5.02 Å². The Labute approximate surface area is 120 Å². The molecule has 0 saturated carbocycles. The first-order valence-corrected chi connectivity index (χ1v) is 8.24. The highest BCUT2D eigenvalue weighted by molar-refractivity contribution is 9.10. The Hall–Kier alpha value is -0.140. The van der Waals surface area contributed by atoms with Crippen LogP contribution in [0.25, 0.3) is 0 Å². The summed E-state index contributed by atoms with van der Waals surface area (Å²) >= 11 is 9.28. The fourth-order valence-corrected chi connectivity index (χ4v) is 4.55. The van der Waals surface area contributed by atoms with Crippen molar-refractivity contribution in [2.24, 2.45) is 5.73 Å². The zero-order valence-electron chi connectivity index (χ0n) is 9.64. The van der Waals surface area contributed by atoms with E-state index in [2.05, 4.69) is 15.9 Å². The lowest BCUT2D eigenvalue weighted by molar-refractivity contribution is 0.316. The topological polar surface area (TPSA) is 63.4 Å². The first-order valence-electron chi connectivity index (χ1n) is 5.62. The molecule has 0 spiro atoms. The summed E-state index contributed by atoms with van der Waals surface area (Å²) in [5, 5.41) is 0.219. The Bertz CT molecular complexity index is 550. The van der Waals surface area contributed by atoms with E-state index in [1.165, 1.54) is 10.4 Å². The van der Waals surface area contributed by atoms with Gasteiger partial charge in [-0.2, -0.15) is 4.31 Å². The van der Waals surface area contributed by atoms with Crippen LogP contribution in [0.15, 0.2) is 27.6 Å². The van der Waals surface area contributed by atoms with Crippen LogP contribution >= 0.6 is 27.5 Å². The molecule has 2 N–H and O–H groups in total. The molecule has 18 heavy (non-hydrogen) atoms. The minimum absolute atomic E-state index is 0.0977. The molecule has 1 heterocycles. The Balaban J connectivity index is 2.39. The molecular formula is C11H14BrClN2O2S. The van der Waals surface area contributed by atoms with Gasteiger partial charge < -0.3 is 5.73 Å². The number of hydrogen-bond donors (Lipinski definition) is 1. The number of benzene rings is 1. The summed E-state index contributed by atoms with van der Waals surface area (Å²) in [6, 6.07) is 4.79. The van der Waals surface area contributed by atoms with Gasteiger partial charge in [-0.25, -0.2) is 8.42 Å². The highest BCUT2D eigenvalue weighted by Crippen LogP contribution is 2.31. The molecule has 4 nitrogen and oxygen atoms in total. The SMILES string of the molecule is NC1CCCN(S(=O)(=O)c2cccc(Br)c2Cl)C1. The third-order valence-electron chi connectivity index (χ3n) is 2.95. The lowest BCUT2D eigenvalue weighted by Gasteiger charge is -2.30. The van der Waals surface area contributed by atoms with Crippen LogP contribution in [0.5, 0.6) is 0 Å². The number of piperidine rings is 1. The summed E-state index contributed by atoms with van der Waals surface area (Å²) in [4.78, 5) is 0.132. The fourth-order valence-electron chi connectivity index (χ4n) is 2.01. The molecule has 2 rings (SSSR count). The van der Waals surface area contributed by atoms with Crippen molar-refractivity contribution in [3.05, 3.63) is 27.7 Å². The maximum atomic E-state index is 12.5. The summed E-state index contributed by atoms with van der Waals surface area (Å²) < 4.78 is 26.9. The maximum absolute atomic E-state index is 12.5. The zero-order valence-corrected chi connectivity index (χ0v) is 12.8. The van der Waals surface area contributed by atoms with Gasteiger partial charge in [0.15, 0.2) is 0 Å². The molecular weight excluding hydrogens is 340 g/mol. The van der Waals surface area contributed by atoms with Crippen LogP contribution in [-0.4, -0.2) is 31.9 Å². The van der Waals surface area contributed by atoms with Crippen LogP contribution in [0.3, 0.4) is 0 Å². The monoisotopic (exact) mass is 352 g/mol. The third kappa shape index (κ3) is 2.72. The predicted molar refractivity (Wildman–Crippen MR) is 75.1 cm³/mol. The average Bonchev–Trinajstić information content (AvgIpc) is 2.32. The fraction of sp³-hybridized carbons (Fsp3) is 0.455. The second-order valence-corrected chi connectivity index (χ2v) is 7.46. The third-order valence-corrected chi connectivity index (χ3v) is 6.27. The summed E-state index contributed by atoms with van der Waals surface area (Å²) in [5.41, 5.74) is 5.82. The Kier molecular flexibility index (Phi) is 4.33. The Morgan fingerprint density at radius 2 is 2.17 bits per heavy atom. The van der Waals surface area contributed by atoms with Crippen molar-refractivity contribution in [3.8, 4) is 0 Å². The average molecular weight is 354 g/mol. The first-order chi connectivity index (χ1) is 8.43. The smallest absolute Gasteiger partial charge is 0.244 e. The predicted octanol–water partition coefficient (Wildman–Crippen LogP) is 2.21. The van der Waals surface area contributed by atoms with Crippen LogP contribution in [-0.2, 0) is 10.0 Å². The van der Waals surface area contributed by atoms with Gasteiger partial charge in [-0.05, 0) is 40.9 Å². The number of sulfonamides is 1. The highest BCUT2D eigenvalue weighted by atomic mass is 79.9. The van der Waals surface area contributed by atoms with Crippen LogP contribution in [0, 0.1) is 0 Å². The molecule has 1 aliphatic heterocycles. The van der Waals surface area contributed by atoms with Crippen molar-refractivity contribution in [1.82, 2.24) is 4.31 Å². The van der Waals surface area contributed by atoms with E-state index < -0.39 is 10.0 Å². The number of nitrogens with two attached hydrogens (primary N) is 1. The molecule has 1 fully saturated rings. The normalized spacial score (nSPS) is 22.1. The van der Waals surface area contributed by atoms with E-state index >= 15 is 0 Å². The molecule has 1 saturated heterocycles. The van der Waals surface area contributed by atoms with E-state index in [9.17, 15) is 8.42 Å². The van der Waals surface area contributed by atoms with Gasteiger partial charge in [0.2, 0.25) is 10.0 Å². The number of halogens is 2. The minimum Gasteiger partial charge on any atom is -0.327 e. The van der Waals surface area contributed by atoms with E-state index in [1.807, 2.05) is 0 Å². The number of nitrogens with zero attached hydrogens (tertiary/aromatic N) is 1. The number of rotatable bonds is 2. The summed E-state index contributed by atoms with van der Waals surface area (Å²) in [6.07, 6.45) is 1.64. The van der Waals surface area contributed by atoms with Crippen molar-refractivity contribution >= 4 is 37.6 Å². The van der Waals surface area contributed by atoms with E-state index in [0.29, 0.717) is 17.6 Å². The summed E-state index contributed by atoms with van der Waals surface area (Å²) in [6.45, 7) is 0.851. The Morgan fingerprint density at radius 3 is 2.83 bits per heavy atom. The van der Waals surface area contributed by atoms with Crippen molar-refractivity contribution in [2.45, 2.75) is 23.8 Å². The van der Waals surface area contributed by atoms with Gasteiger partial charge in [0.1, 0.15) is 4.90 Å². The van der Waals surface area contributed by atoms with Gasteiger partial charge >= 0.3 is 0 Å². The molecule has 1 aliphatic rings. The Morgan fingerprint density at radius 1 is 1.44 bits per heavy atom. The molecule has 1 unspecified atom stereocenters. The zero-order chi connectivity index (χ0) is 13.3. The molecule has 1 atom stereocenters. The maximum Gasteiger partial charge on any atom is 0.244 e. The van der Waals surface area contributed by atoms with Crippen LogP contribution in [0.1, 0.15) is 12.8 Å². The van der Waals surface area contributed by atoms with Crippen LogP contribution in [0.2, 0.25) is 5.02 Å². The van der Waals surface area contributed by atoms with Gasteiger partial charge in [-0.1, -0.05) is 17.7 Å². The van der Waals surface area contributed by atoms with Crippen molar-refractivity contribution in [3.63, 3.8) is 0 Å². The largest absolute Gasteiger partial charge is 0.327 e. The standard InChI is InChI=1S/C11H14BrClN2O2S/c12-9-4-1-5-10(11(9)13)18(16,17)15-6-2-3-8(14)7-15/h1,4-5,8H,2-3,6-7,14H2. The molecule has 1 aromatic rings. The minimum atomic E-state index is -3.56. The van der Waals surface area contributed by atoms with E-state index in [1.54, 1.807) is 12.1 Å². The molecule has 0 radical (unpaired) electrons. The molecule has 0 aliphatic carbocycles. The molecule has 0 amide bonds. The van der Waals surface area contributed by atoms with Gasteiger partial charge in [-0.3, -0.25) is 0 Å². The van der Waals surface area contributed by atoms with Gasteiger partial charge in [-0.15, -0.1) is 0 Å². The molecule has 1 aromatic carbocycles. The molecule has 0 aromatic heterocycles. The molecule has 7 heteroatoms. The lowest BCUT2D eigenvalue weighted by atomic mass is 10.1. The second-order valence-electron chi connectivity index (χ2n) is 4.32. The first kappa shape index (κ1) is 14.3. The van der Waals surface area contributed by atoms with Crippen LogP contribution < -0.4 is 5.73 Å². The lowest BCUT2D eigenvalue weighted by Crippen LogP contribution is -2.45. The van der Waals surface area contributed by atoms with Crippen molar-refractivity contribution < 1.29 is 8.42 Å². The molecule has 100 valence electrons. The van der Waals surface area contributed by atoms with Crippen molar-refractivity contribution in [1.29, 1.82) is 0 Å². The van der Waals surface area contributed by atoms with E-state index in [0.717, 1.165) is 12.8 Å². The van der Waals surface area contributed by atoms with Gasteiger partial charge in [0, 0.05) is 23.6 Å². The van der Waals surface area contributed by atoms with E-state index in [-0.39, 0.29) is 16.0 Å². The molecule has 0 bridgehead atoms. The van der Waals surface area contributed by atoms with Crippen LogP contribution in [0.4, 0.5) is 0 Å². The highest BCUT2D eigenvalue weighted by Gasteiger charge is 2.30. The quantitative estimate of drug-likeness (QED) is 0.886. The summed E-state index contributed by atoms with van der Waals surface area (Å²) in [7, 11) is -3.56. The number of hydrogen-bond acceptors (Lipinski definition) is 3. The second kappa shape index (κ2) is 5.46. The van der Waals surface area contributed by atoms with Crippen molar-refractivity contribution in [2.75, 3.05) is 13.1 Å².